The van der Waals surface area contributed by atoms with Crippen molar-refractivity contribution in [2.45, 2.75) is 11.4 Å². The van der Waals surface area contributed by atoms with Crippen molar-refractivity contribution in [1.82, 2.24) is 14.3 Å². The zero-order valence-corrected chi connectivity index (χ0v) is 14.0. The van der Waals surface area contributed by atoms with Crippen LogP contribution in [0.1, 0.15) is 5.82 Å². The Labute approximate surface area is 126 Å². The first-order valence-electron chi connectivity index (χ1n) is 4.80. The number of hydrogen-bond acceptors (Lipinski definition) is 4. The number of nitrogens with one attached hydrogen (secondary N) is 1. The fraction of sp³-hybridized carbons (Fsp3) is 0.222. The van der Waals surface area contributed by atoms with Crippen LogP contribution in [0.15, 0.2) is 30.9 Å². The van der Waals surface area contributed by atoms with Crippen LogP contribution < -0.4 is 0 Å². The summed E-state index contributed by atoms with van der Waals surface area (Å²) in [5, 5.41) is 0. The smallest absolute Gasteiger partial charge is 0.245 e. The highest BCUT2D eigenvalue weighted by Gasteiger charge is 2.26. The molecule has 2 heterocycles. The molecule has 5 nitrogen and oxygen atoms in total. The van der Waals surface area contributed by atoms with Gasteiger partial charge in [0, 0.05) is 19.4 Å². The molecule has 0 aromatic carbocycles. The molecule has 0 saturated heterocycles. The van der Waals surface area contributed by atoms with Crippen molar-refractivity contribution in [2.75, 3.05) is 7.05 Å². The van der Waals surface area contributed by atoms with Gasteiger partial charge in [0.25, 0.3) is 0 Å². The minimum absolute atomic E-state index is 0.204. The summed E-state index contributed by atoms with van der Waals surface area (Å²) in [6.45, 7) is 0.204. The van der Waals surface area contributed by atoms with E-state index in [9.17, 15) is 8.42 Å². The van der Waals surface area contributed by atoms with Crippen molar-refractivity contribution >= 4 is 53.2 Å². The summed E-state index contributed by atoms with van der Waals surface area (Å²) in [5.74, 6) is 0.603. The van der Waals surface area contributed by atoms with Crippen LogP contribution in [-0.4, -0.2) is 29.7 Å². The molecule has 0 aliphatic heterocycles. The molecular weight excluding hydrogens is 406 g/mol. The molecule has 0 atom stereocenters. The molecule has 0 aliphatic rings. The van der Waals surface area contributed by atoms with E-state index in [0.29, 0.717) is 9.61 Å². The topological polar surface area (TPSA) is 66.1 Å². The van der Waals surface area contributed by atoms with Crippen LogP contribution in [-0.2, 0) is 16.6 Å². The van der Waals surface area contributed by atoms with Crippen molar-refractivity contribution < 1.29 is 8.42 Å². The number of imidazole rings is 1. The zero-order chi connectivity index (χ0) is 13.3. The highest BCUT2D eigenvalue weighted by atomic mass is 79.9. The predicted molar refractivity (Wildman–Crippen MR) is 77.0 cm³/mol. The van der Waals surface area contributed by atoms with Gasteiger partial charge in [-0.1, -0.05) is 0 Å². The predicted octanol–water partition coefficient (Wildman–Crippen LogP) is 2.82. The largest absolute Gasteiger partial charge is 0.347 e. The van der Waals surface area contributed by atoms with Crippen LogP contribution in [0.4, 0.5) is 0 Å². The highest BCUT2D eigenvalue weighted by molar-refractivity contribution is 9.12. The maximum atomic E-state index is 12.3. The van der Waals surface area contributed by atoms with E-state index in [2.05, 4.69) is 41.8 Å². The van der Waals surface area contributed by atoms with E-state index in [-0.39, 0.29) is 11.4 Å². The van der Waals surface area contributed by atoms with Gasteiger partial charge in [-0.25, -0.2) is 13.4 Å². The van der Waals surface area contributed by atoms with Crippen molar-refractivity contribution in [3.8, 4) is 0 Å². The van der Waals surface area contributed by atoms with Crippen molar-refractivity contribution in [3.63, 3.8) is 0 Å². The first-order valence-corrected chi connectivity index (χ1v) is 8.65. The zero-order valence-electron chi connectivity index (χ0n) is 9.22. The second kappa shape index (κ2) is 5.41. The summed E-state index contributed by atoms with van der Waals surface area (Å²) < 4.78 is 27.3. The van der Waals surface area contributed by atoms with Crippen molar-refractivity contribution in [3.05, 3.63) is 31.9 Å². The molecule has 0 fully saturated rings. The first-order chi connectivity index (χ1) is 8.41. The quantitative estimate of drug-likeness (QED) is 0.836. The summed E-state index contributed by atoms with van der Waals surface area (Å²) in [5.41, 5.74) is 0. The Bertz CT molecular complexity index is 637. The Morgan fingerprint density at radius 2 is 2.22 bits per heavy atom. The van der Waals surface area contributed by atoms with Crippen LogP contribution in [0.25, 0.3) is 0 Å². The molecule has 9 heteroatoms. The van der Waals surface area contributed by atoms with E-state index in [1.165, 1.54) is 22.7 Å². The number of rotatable bonds is 4. The molecule has 1 N–H and O–H groups in total. The van der Waals surface area contributed by atoms with E-state index in [4.69, 9.17) is 0 Å². The number of halogens is 2. The molecule has 98 valence electrons. The van der Waals surface area contributed by atoms with Crippen LogP contribution in [0.2, 0.25) is 0 Å². The molecule has 18 heavy (non-hydrogen) atoms. The molecule has 0 aliphatic carbocycles. The monoisotopic (exact) mass is 413 g/mol. The molecule has 0 radical (unpaired) electrons. The van der Waals surface area contributed by atoms with E-state index < -0.39 is 10.0 Å². The van der Waals surface area contributed by atoms with Crippen LogP contribution in [0.3, 0.4) is 0 Å². The lowest BCUT2D eigenvalue weighted by Crippen LogP contribution is -2.26. The second-order valence-corrected chi connectivity index (χ2v) is 9.25. The Kier molecular flexibility index (Phi) is 4.27. The van der Waals surface area contributed by atoms with Gasteiger partial charge in [-0.2, -0.15) is 4.31 Å². The molecule has 0 unspecified atom stereocenters. The van der Waals surface area contributed by atoms with Gasteiger partial charge < -0.3 is 4.98 Å². The van der Waals surface area contributed by atoms with Crippen molar-refractivity contribution in [2.24, 2.45) is 0 Å². The average Bonchev–Trinajstić information content (AvgIpc) is 2.88. The number of thiophene rings is 1. The SMILES string of the molecule is CN(Cc1ncc[nH]1)S(=O)(=O)c1cc(Br)sc1Br. The molecule has 0 amide bonds. The lowest BCUT2D eigenvalue weighted by atomic mass is 10.6. The number of hydrogen-bond donors (Lipinski definition) is 1. The lowest BCUT2D eigenvalue weighted by Gasteiger charge is -2.15. The number of H-pyrrole nitrogens is 1. The van der Waals surface area contributed by atoms with Gasteiger partial charge in [0.05, 0.1) is 14.1 Å². The first kappa shape index (κ1) is 14.2. The summed E-state index contributed by atoms with van der Waals surface area (Å²) in [6.07, 6.45) is 3.25. The van der Waals surface area contributed by atoms with E-state index >= 15 is 0 Å². The third-order valence-electron chi connectivity index (χ3n) is 2.24. The molecular formula is C9H9Br2N3O2S2. The van der Waals surface area contributed by atoms with E-state index in [1.54, 1.807) is 18.5 Å². The third kappa shape index (κ3) is 2.85. The maximum Gasteiger partial charge on any atom is 0.245 e. The Morgan fingerprint density at radius 3 is 2.72 bits per heavy atom. The summed E-state index contributed by atoms with van der Waals surface area (Å²) in [7, 11) is -1.99. The van der Waals surface area contributed by atoms with Gasteiger partial charge in [-0.3, -0.25) is 0 Å². The number of aromatic amines is 1. The van der Waals surface area contributed by atoms with Gasteiger partial charge in [0.15, 0.2) is 0 Å². The standard InChI is InChI=1S/C9H9Br2N3O2S2/c1-14(5-8-12-2-3-13-8)18(15,16)6-4-7(10)17-9(6)11/h2-4H,5H2,1H3,(H,12,13). The molecule has 2 aromatic heterocycles. The lowest BCUT2D eigenvalue weighted by molar-refractivity contribution is 0.458. The number of aromatic nitrogens is 2. The molecule has 2 rings (SSSR count). The Balaban J connectivity index is 2.28. The fourth-order valence-electron chi connectivity index (χ4n) is 1.35. The van der Waals surface area contributed by atoms with Crippen LogP contribution in [0.5, 0.6) is 0 Å². The normalized spacial score (nSPS) is 12.2. The fourth-order valence-corrected chi connectivity index (χ4v) is 6.24. The molecule has 0 spiro atoms. The van der Waals surface area contributed by atoms with E-state index in [1.807, 2.05) is 0 Å². The van der Waals surface area contributed by atoms with Gasteiger partial charge >= 0.3 is 0 Å². The second-order valence-electron chi connectivity index (χ2n) is 3.49. The van der Waals surface area contributed by atoms with E-state index in [0.717, 1.165) is 3.79 Å². The number of sulfonamides is 1. The van der Waals surface area contributed by atoms with Crippen LogP contribution in [0, 0.1) is 0 Å². The Morgan fingerprint density at radius 1 is 1.50 bits per heavy atom. The highest BCUT2D eigenvalue weighted by Crippen LogP contribution is 2.36. The van der Waals surface area contributed by atoms with Crippen molar-refractivity contribution in [1.29, 1.82) is 0 Å². The van der Waals surface area contributed by atoms with Crippen LogP contribution >= 0.6 is 43.2 Å². The summed E-state index contributed by atoms with van der Waals surface area (Å²) >= 11 is 7.86. The average molecular weight is 415 g/mol. The van der Waals surface area contributed by atoms with Gasteiger partial charge in [0.2, 0.25) is 10.0 Å². The number of nitrogens with zero attached hydrogens (tertiary/aromatic N) is 2. The summed E-state index contributed by atoms with van der Waals surface area (Å²) in [4.78, 5) is 7.14. The Hall–Kier alpha value is -0.220. The molecule has 2 aromatic rings. The minimum atomic E-state index is -3.52. The minimum Gasteiger partial charge on any atom is -0.347 e. The maximum absolute atomic E-state index is 12.3. The van der Waals surface area contributed by atoms with Gasteiger partial charge in [-0.05, 0) is 37.9 Å². The summed E-state index contributed by atoms with van der Waals surface area (Å²) in [6, 6.07) is 1.59. The molecule has 0 bridgehead atoms. The van der Waals surface area contributed by atoms with Gasteiger partial charge in [0.1, 0.15) is 10.7 Å². The third-order valence-corrected chi connectivity index (χ3v) is 6.80. The molecule has 0 saturated carbocycles. The van der Waals surface area contributed by atoms with Gasteiger partial charge in [-0.15, -0.1) is 11.3 Å².